The summed E-state index contributed by atoms with van der Waals surface area (Å²) in [5, 5.41) is 13.5. The quantitative estimate of drug-likeness (QED) is 0.373. The first-order valence-corrected chi connectivity index (χ1v) is 8.24. The number of benzene rings is 2. The van der Waals surface area contributed by atoms with Crippen molar-refractivity contribution in [1.82, 2.24) is 5.32 Å². The molecule has 0 saturated carbocycles. The number of rotatable bonds is 7. The molecule has 0 fully saturated rings. The summed E-state index contributed by atoms with van der Waals surface area (Å²) in [4.78, 5) is 0. The van der Waals surface area contributed by atoms with Gasteiger partial charge in [-0.25, -0.2) is 0 Å². The van der Waals surface area contributed by atoms with Crippen LogP contribution in [-0.4, -0.2) is 13.3 Å². The first kappa shape index (κ1) is 18.3. The molecule has 0 saturated heterocycles. The fourth-order valence-electron chi connectivity index (χ4n) is 2.54. The molecule has 128 valence electrons. The highest BCUT2D eigenvalue weighted by molar-refractivity contribution is 5.74. The van der Waals surface area contributed by atoms with Crippen LogP contribution in [0.2, 0.25) is 0 Å². The fraction of sp³-hybridized carbons (Fsp3) is 0.136. The summed E-state index contributed by atoms with van der Waals surface area (Å²) in [5.41, 5.74) is 7.31. The van der Waals surface area contributed by atoms with Crippen LogP contribution in [0.5, 0.6) is 0 Å². The van der Waals surface area contributed by atoms with Crippen molar-refractivity contribution in [2.24, 2.45) is 0 Å². The Labute approximate surface area is 150 Å². The molecule has 0 unspecified atom stereocenters. The van der Waals surface area contributed by atoms with Gasteiger partial charge in [0, 0.05) is 18.9 Å². The van der Waals surface area contributed by atoms with Crippen LogP contribution < -0.4 is 10.6 Å². The van der Waals surface area contributed by atoms with Gasteiger partial charge in [0.15, 0.2) is 0 Å². The van der Waals surface area contributed by atoms with E-state index in [1.807, 2.05) is 7.05 Å². The van der Waals surface area contributed by atoms with E-state index >= 15 is 0 Å². The maximum atomic E-state index is 7.19. The molecule has 0 atom stereocenters. The molecule has 0 radical (unpaired) electrons. The molecular weight excluding hydrogens is 306 g/mol. The van der Waals surface area contributed by atoms with Crippen molar-refractivity contribution in [1.29, 1.82) is 5.41 Å². The van der Waals surface area contributed by atoms with Crippen LogP contribution in [0.1, 0.15) is 22.3 Å². The van der Waals surface area contributed by atoms with Crippen molar-refractivity contribution in [2.75, 3.05) is 12.4 Å². The second-order valence-electron chi connectivity index (χ2n) is 5.86. The van der Waals surface area contributed by atoms with E-state index in [9.17, 15) is 0 Å². The summed E-state index contributed by atoms with van der Waals surface area (Å²) < 4.78 is 0. The lowest BCUT2D eigenvalue weighted by Gasteiger charge is -2.15. The van der Waals surface area contributed by atoms with Gasteiger partial charge in [-0.1, -0.05) is 49.1 Å². The molecule has 0 heterocycles. The van der Waals surface area contributed by atoms with Crippen molar-refractivity contribution >= 4 is 24.1 Å². The SMILES string of the molecule is C=C(Nc1ccc(/C=C/c2ccccc2C)cc1C)/C(=C/C=N)NC. The minimum Gasteiger partial charge on any atom is -0.386 e. The molecule has 0 aromatic heterocycles. The number of aryl methyl sites for hydroxylation is 2. The average Bonchev–Trinajstić information content (AvgIpc) is 2.61. The van der Waals surface area contributed by atoms with Crippen LogP contribution in [0.25, 0.3) is 12.2 Å². The van der Waals surface area contributed by atoms with Gasteiger partial charge in [-0.15, -0.1) is 0 Å². The van der Waals surface area contributed by atoms with Crippen LogP contribution in [0.4, 0.5) is 5.69 Å². The Hall–Kier alpha value is -3.07. The van der Waals surface area contributed by atoms with E-state index in [-0.39, 0.29) is 0 Å². The lowest BCUT2D eigenvalue weighted by molar-refractivity contribution is 1.01. The molecule has 2 aromatic rings. The maximum Gasteiger partial charge on any atom is 0.0585 e. The predicted molar refractivity (Wildman–Crippen MR) is 110 cm³/mol. The summed E-state index contributed by atoms with van der Waals surface area (Å²) in [6, 6.07) is 14.6. The fourth-order valence-corrected chi connectivity index (χ4v) is 2.54. The van der Waals surface area contributed by atoms with E-state index < -0.39 is 0 Å². The summed E-state index contributed by atoms with van der Waals surface area (Å²) in [5.74, 6) is 0. The lowest BCUT2D eigenvalue weighted by Crippen LogP contribution is -2.13. The van der Waals surface area contributed by atoms with E-state index in [0.717, 1.165) is 28.2 Å². The van der Waals surface area contributed by atoms with E-state index in [1.54, 1.807) is 6.08 Å². The van der Waals surface area contributed by atoms with E-state index in [2.05, 4.69) is 85.7 Å². The summed E-state index contributed by atoms with van der Waals surface area (Å²) in [7, 11) is 1.81. The summed E-state index contributed by atoms with van der Waals surface area (Å²) in [6.45, 7) is 8.22. The van der Waals surface area contributed by atoms with Gasteiger partial charge in [-0.2, -0.15) is 0 Å². The molecule has 0 aliphatic rings. The molecule has 0 aliphatic heterocycles. The second-order valence-corrected chi connectivity index (χ2v) is 5.86. The van der Waals surface area contributed by atoms with Crippen LogP contribution in [0.3, 0.4) is 0 Å². The van der Waals surface area contributed by atoms with Gasteiger partial charge in [0.2, 0.25) is 0 Å². The monoisotopic (exact) mass is 331 g/mol. The summed E-state index contributed by atoms with van der Waals surface area (Å²) in [6.07, 6.45) is 7.18. The zero-order valence-electron chi connectivity index (χ0n) is 15.1. The third-order valence-electron chi connectivity index (χ3n) is 4.02. The van der Waals surface area contributed by atoms with E-state index in [0.29, 0.717) is 0 Å². The van der Waals surface area contributed by atoms with Gasteiger partial charge in [0.05, 0.1) is 11.4 Å². The Morgan fingerprint density at radius 3 is 2.44 bits per heavy atom. The van der Waals surface area contributed by atoms with Gasteiger partial charge in [-0.05, 0) is 54.3 Å². The molecule has 0 spiro atoms. The zero-order valence-corrected chi connectivity index (χ0v) is 15.1. The Balaban J connectivity index is 2.15. The molecule has 0 amide bonds. The standard InChI is InChI=1S/C22H25N3/c1-16-7-5-6-8-20(16)11-9-19-10-12-21(17(2)15-19)25-18(3)22(24-4)13-14-23/h5-15,23-25H,3H2,1-2,4H3/b11-9+,22-13-,23-14?. The van der Waals surface area contributed by atoms with Crippen LogP contribution in [-0.2, 0) is 0 Å². The molecule has 2 aromatic carbocycles. The highest BCUT2D eigenvalue weighted by Gasteiger charge is 2.04. The number of nitrogens with one attached hydrogen (secondary N) is 3. The van der Waals surface area contributed by atoms with Gasteiger partial charge in [-0.3, -0.25) is 0 Å². The molecule has 0 bridgehead atoms. The minimum atomic E-state index is 0.734. The van der Waals surface area contributed by atoms with Crippen molar-refractivity contribution in [3.63, 3.8) is 0 Å². The molecule has 3 nitrogen and oxygen atoms in total. The van der Waals surface area contributed by atoms with Crippen LogP contribution in [0.15, 0.2) is 66.5 Å². The molecule has 25 heavy (non-hydrogen) atoms. The molecule has 3 N–H and O–H groups in total. The lowest BCUT2D eigenvalue weighted by atomic mass is 10.1. The predicted octanol–water partition coefficient (Wildman–Crippen LogP) is 5.15. The van der Waals surface area contributed by atoms with Gasteiger partial charge in [0.25, 0.3) is 0 Å². The average molecular weight is 331 g/mol. The Morgan fingerprint density at radius 2 is 1.80 bits per heavy atom. The van der Waals surface area contributed by atoms with Crippen LogP contribution >= 0.6 is 0 Å². The smallest absolute Gasteiger partial charge is 0.0585 e. The third-order valence-corrected chi connectivity index (χ3v) is 4.02. The van der Waals surface area contributed by atoms with Gasteiger partial charge in [0.1, 0.15) is 0 Å². The molecule has 0 aliphatic carbocycles. The maximum absolute atomic E-state index is 7.19. The number of hydrogen-bond acceptors (Lipinski definition) is 3. The minimum absolute atomic E-state index is 0.734. The zero-order chi connectivity index (χ0) is 18.2. The first-order chi connectivity index (χ1) is 12.0. The van der Waals surface area contributed by atoms with Crippen molar-refractivity contribution < 1.29 is 0 Å². The van der Waals surface area contributed by atoms with Crippen molar-refractivity contribution in [3.05, 3.63) is 88.8 Å². The number of allylic oxidation sites excluding steroid dienone is 1. The Bertz CT molecular complexity index is 829. The number of hydrogen-bond donors (Lipinski definition) is 3. The number of likely N-dealkylation sites (N-methyl/N-ethyl adjacent to an activating group) is 1. The van der Waals surface area contributed by atoms with Crippen LogP contribution in [0, 0.1) is 19.3 Å². The third kappa shape index (κ3) is 4.95. The molecule has 3 heteroatoms. The second kappa shape index (κ2) is 8.69. The molecule has 2 rings (SSSR count). The highest BCUT2D eigenvalue weighted by atomic mass is 15.0. The largest absolute Gasteiger partial charge is 0.386 e. The Kier molecular flexibility index (Phi) is 6.35. The van der Waals surface area contributed by atoms with E-state index in [1.165, 1.54) is 17.3 Å². The normalized spacial score (nSPS) is 11.4. The first-order valence-electron chi connectivity index (χ1n) is 8.24. The van der Waals surface area contributed by atoms with Gasteiger partial charge >= 0.3 is 0 Å². The number of anilines is 1. The topological polar surface area (TPSA) is 47.9 Å². The Morgan fingerprint density at radius 1 is 1.04 bits per heavy atom. The molecular formula is C22H25N3. The van der Waals surface area contributed by atoms with Gasteiger partial charge < -0.3 is 16.0 Å². The van der Waals surface area contributed by atoms with E-state index in [4.69, 9.17) is 5.41 Å². The summed E-state index contributed by atoms with van der Waals surface area (Å²) >= 11 is 0. The van der Waals surface area contributed by atoms with Crippen molar-refractivity contribution in [2.45, 2.75) is 13.8 Å². The highest BCUT2D eigenvalue weighted by Crippen LogP contribution is 2.21. The van der Waals surface area contributed by atoms with Crippen molar-refractivity contribution in [3.8, 4) is 0 Å².